The predicted molar refractivity (Wildman–Crippen MR) is 231 cm³/mol. The zero-order chi connectivity index (χ0) is 44.0. The van der Waals surface area contributed by atoms with Crippen molar-refractivity contribution >= 4 is 46.5 Å². The van der Waals surface area contributed by atoms with E-state index in [0.29, 0.717) is 47.0 Å². The molecule has 6 heterocycles. The van der Waals surface area contributed by atoms with Gasteiger partial charge in [0.05, 0.1) is 31.2 Å². The highest BCUT2D eigenvalue weighted by Crippen LogP contribution is 2.42. The first kappa shape index (κ1) is 43.1. The zero-order valence-electron chi connectivity index (χ0n) is 35.9. The van der Waals surface area contributed by atoms with Gasteiger partial charge in [0.2, 0.25) is 11.9 Å². The van der Waals surface area contributed by atoms with E-state index >= 15 is 13.2 Å². The molecule has 1 spiro atoms. The molecule has 0 bridgehead atoms. The molecule has 9 rings (SSSR count). The summed E-state index contributed by atoms with van der Waals surface area (Å²) in [6.45, 7) is 5.42. The van der Waals surface area contributed by atoms with E-state index in [4.69, 9.17) is 4.74 Å². The molecule has 5 aliphatic heterocycles. The minimum atomic E-state index is -3.58. The maximum atomic E-state index is 15.3. The highest BCUT2D eigenvalue weighted by Gasteiger charge is 2.49. The van der Waals surface area contributed by atoms with Crippen molar-refractivity contribution in [1.82, 2.24) is 30.6 Å². The Morgan fingerprint density at radius 1 is 0.968 bits per heavy atom. The number of aliphatic hydroxyl groups excluding tert-OH is 1. The number of ether oxygens (including phenoxy) is 1. The van der Waals surface area contributed by atoms with E-state index in [1.54, 1.807) is 23.1 Å². The van der Waals surface area contributed by atoms with E-state index in [1.165, 1.54) is 26.4 Å². The third-order valence-electron chi connectivity index (χ3n) is 14.3. The molecule has 3 amide bonds. The number of halogens is 3. The molecule has 2 atom stereocenters. The van der Waals surface area contributed by atoms with Crippen LogP contribution in [0.25, 0.3) is 0 Å². The number of carbonyl (C=O) groups excluding carboxylic acids is 3. The minimum Gasteiger partial charge on any atom is -0.495 e. The molecule has 5 fully saturated rings. The summed E-state index contributed by atoms with van der Waals surface area (Å²) < 4.78 is 51.1. The minimum absolute atomic E-state index is 0.146. The number of hydrazine groups is 1. The van der Waals surface area contributed by atoms with E-state index in [2.05, 4.69) is 35.8 Å². The number of amides is 3. The van der Waals surface area contributed by atoms with E-state index < -0.39 is 24.6 Å². The number of rotatable bonds is 10. The number of aromatic nitrogens is 2. The average Bonchev–Trinajstić information content (AvgIpc) is 3.79. The van der Waals surface area contributed by atoms with Gasteiger partial charge in [0, 0.05) is 69.1 Å². The Labute approximate surface area is 365 Å². The van der Waals surface area contributed by atoms with Crippen LogP contribution in [-0.2, 0) is 9.59 Å². The molecule has 3 aromatic rings. The van der Waals surface area contributed by atoms with E-state index in [-0.39, 0.29) is 52.5 Å². The Morgan fingerprint density at radius 2 is 1.71 bits per heavy atom. The number of alkyl halides is 2. The first-order valence-electron chi connectivity index (χ1n) is 22.3. The lowest BCUT2D eigenvalue weighted by atomic mass is 9.72. The maximum absolute atomic E-state index is 15.3. The molecule has 4 saturated heterocycles. The van der Waals surface area contributed by atoms with Crippen molar-refractivity contribution in [3.8, 4) is 5.75 Å². The van der Waals surface area contributed by atoms with Gasteiger partial charge < -0.3 is 40.1 Å². The Balaban J connectivity index is 0.740. The van der Waals surface area contributed by atoms with Gasteiger partial charge in [-0.15, -0.1) is 0 Å². The Bertz CT molecular complexity index is 2200. The number of nitrogens with one attached hydrogen (secondary N) is 3. The van der Waals surface area contributed by atoms with Crippen LogP contribution in [0.5, 0.6) is 5.75 Å². The van der Waals surface area contributed by atoms with Crippen molar-refractivity contribution in [3.63, 3.8) is 0 Å². The summed E-state index contributed by atoms with van der Waals surface area (Å²) in [5.74, 6) is -4.57. The fraction of sp³-hybridized carbons (Fsp3) is 0.578. The second-order valence-corrected chi connectivity index (χ2v) is 18.5. The number of likely N-dealkylation sites (tertiary alicyclic amines) is 1. The SMILES string of the molecule is COc1cc(C(=O)NN2CC3(CCN(CC4CCN(c5ccc(C6CCC(=O)NC6O)cc5F)CC4)CC3)C2)ccc1Nc1ncc2c(n1)N(C1CCCC1)CC(F)(F)C(=O)N2C. The fourth-order valence-electron chi connectivity index (χ4n) is 10.6. The first-order valence-corrected chi connectivity index (χ1v) is 22.3. The smallest absolute Gasteiger partial charge is 0.342 e. The molecule has 1 saturated carbocycles. The van der Waals surface area contributed by atoms with Gasteiger partial charge in [-0.1, -0.05) is 18.9 Å². The fourth-order valence-corrected chi connectivity index (χ4v) is 10.6. The van der Waals surface area contributed by atoms with Gasteiger partial charge in [-0.05, 0) is 99.8 Å². The predicted octanol–water partition coefficient (Wildman–Crippen LogP) is 5.00. The van der Waals surface area contributed by atoms with Gasteiger partial charge in [-0.25, -0.2) is 14.4 Å². The van der Waals surface area contributed by atoms with Crippen LogP contribution in [0.15, 0.2) is 42.6 Å². The highest BCUT2D eigenvalue weighted by molar-refractivity contribution is 6.02. The van der Waals surface area contributed by atoms with Crippen LogP contribution < -0.4 is 35.5 Å². The number of aliphatic hydroxyl groups is 1. The highest BCUT2D eigenvalue weighted by atomic mass is 19.3. The second kappa shape index (κ2) is 17.4. The lowest BCUT2D eigenvalue weighted by Crippen LogP contribution is -2.65. The summed E-state index contributed by atoms with van der Waals surface area (Å²) in [6.07, 6.45) is 8.61. The number of hydrogen-bond donors (Lipinski definition) is 4. The van der Waals surface area contributed by atoms with Crippen molar-refractivity contribution in [2.75, 3.05) is 86.5 Å². The Kier molecular flexibility index (Phi) is 11.9. The van der Waals surface area contributed by atoms with Crippen LogP contribution >= 0.6 is 0 Å². The molecule has 2 aromatic carbocycles. The first-order chi connectivity index (χ1) is 30.3. The van der Waals surface area contributed by atoms with E-state index in [1.807, 2.05) is 17.1 Å². The molecular formula is C45H57F3N10O5. The molecule has 338 valence electrons. The third-order valence-corrected chi connectivity index (χ3v) is 14.3. The molecule has 63 heavy (non-hydrogen) atoms. The monoisotopic (exact) mass is 874 g/mol. The number of nitrogens with zero attached hydrogens (tertiary/aromatic N) is 7. The Morgan fingerprint density at radius 3 is 2.41 bits per heavy atom. The summed E-state index contributed by atoms with van der Waals surface area (Å²) >= 11 is 0. The zero-order valence-corrected chi connectivity index (χ0v) is 35.9. The molecular weight excluding hydrogens is 818 g/mol. The summed E-state index contributed by atoms with van der Waals surface area (Å²) in [7, 11) is 2.81. The van der Waals surface area contributed by atoms with Crippen molar-refractivity contribution < 1.29 is 37.4 Å². The molecule has 6 aliphatic rings. The largest absolute Gasteiger partial charge is 0.495 e. The molecule has 2 unspecified atom stereocenters. The molecule has 15 nitrogen and oxygen atoms in total. The number of methoxy groups -OCH3 is 1. The number of piperidine rings is 3. The quantitative estimate of drug-likeness (QED) is 0.217. The van der Waals surface area contributed by atoms with Crippen molar-refractivity contribution in [1.29, 1.82) is 0 Å². The standard InChI is InChI=1S/C45H57F3N10O5/c1-54-36-23-49-43(52-39(36)58(31-5-3-4-6-31)27-45(47,48)42(54)62)50-34-10-7-30(22-37(34)63-2)40(60)53-57-25-44(26-57)15-19-55(20-16-44)24-28-13-17-56(18-14-28)35-11-8-29(21-33(35)46)32-9-12-38(59)51-41(32)61/h7-8,10-11,21-23,28,31-32,41,61H,3-6,9,12-20,24-27H2,1-2H3,(H,51,59)(H,53,60)(H,49,50,52). The molecule has 0 radical (unpaired) electrons. The number of carbonyl (C=O) groups is 3. The van der Waals surface area contributed by atoms with Crippen molar-refractivity contribution in [2.24, 2.45) is 11.3 Å². The Hall–Kier alpha value is -5.20. The molecule has 4 N–H and O–H groups in total. The van der Waals surface area contributed by atoms with Crippen LogP contribution in [0.1, 0.15) is 86.0 Å². The van der Waals surface area contributed by atoms with E-state index in [9.17, 15) is 19.5 Å². The van der Waals surface area contributed by atoms with Crippen molar-refractivity contribution in [2.45, 2.75) is 88.3 Å². The molecule has 1 aromatic heterocycles. The number of hydrogen-bond acceptors (Lipinski definition) is 12. The summed E-state index contributed by atoms with van der Waals surface area (Å²) in [4.78, 5) is 53.9. The van der Waals surface area contributed by atoms with Gasteiger partial charge >= 0.3 is 5.92 Å². The number of anilines is 5. The third kappa shape index (κ3) is 8.85. The lowest BCUT2D eigenvalue weighted by molar-refractivity contribution is -0.140. The van der Waals surface area contributed by atoms with Crippen LogP contribution in [-0.4, -0.2) is 127 Å². The molecule has 1 aliphatic carbocycles. The van der Waals surface area contributed by atoms with Crippen LogP contribution in [0, 0.1) is 17.2 Å². The topological polar surface area (TPSA) is 159 Å². The van der Waals surface area contributed by atoms with Gasteiger partial charge in [0.1, 0.15) is 23.5 Å². The average molecular weight is 875 g/mol. The number of fused-ring (bicyclic) bond motifs is 1. The summed E-state index contributed by atoms with van der Waals surface area (Å²) in [5, 5.41) is 18.0. The number of benzene rings is 2. The van der Waals surface area contributed by atoms with Crippen LogP contribution in [0.3, 0.4) is 0 Å². The van der Waals surface area contributed by atoms with Gasteiger partial charge in [-0.2, -0.15) is 13.8 Å². The summed E-state index contributed by atoms with van der Waals surface area (Å²) in [6, 6.07) is 10.0. The normalized spacial score (nSPS) is 24.4. The van der Waals surface area contributed by atoms with Gasteiger partial charge in [0.15, 0.2) is 5.82 Å². The van der Waals surface area contributed by atoms with E-state index in [0.717, 1.165) is 102 Å². The summed E-state index contributed by atoms with van der Waals surface area (Å²) in [5.41, 5.74) is 5.63. The maximum Gasteiger partial charge on any atom is 0.342 e. The van der Waals surface area contributed by atoms with Crippen LogP contribution in [0.4, 0.5) is 42.0 Å². The molecule has 18 heteroatoms. The van der Waals surface area contributed by atoms with Gasteiger partial charge in [0.25, 0.3) is 11.8 Å². The lowest BCUT2D eigenvalue weighted by Gasteiger charge is -2.54. The second-order valence-electron chi connectivity index (χ2n) is 18.5. The van der Waals surface area contributed by atoms with Crippen molar-refractivity contribution in [3.05, 3.63) is 59.5 Å². The van der Waals surface area contributed by atoms with Crippen LogP contribution in [0.2, 0.25) is 0 Å². The van der Waals surface area contributed by atoms with Gasteiger partial charge in [-0.3, -0.25) is 19.8 Å².